The highest BCUT2D eigenvalue weighted by atomic mass is 31.2. The zero-order chi connectivity index (χ0) is 7.49. The van der Waals surface area contributed by atoms with Crippen LogP contribution in [-0.2, 0) is 9.09 Å². The Morgan fingerprint density at radius 1 is 1.78 bits per heavy atom. The highest BCUT2D eigenvalue weighted by molar-refractivity contribution is 7.68. The maximum atomic E-state index is 10.1. The Labute approximate surface area is 51.8 Å². The van der Waals surface area contributed by atoms with Crippen LogP contribution in [0.25, 0.3) is 0 Å². The fourth-order valence-corrected chi connectivity index (χ4v) is 0.668. The van der Waals surface area contributed by atoms with Crippen molar-refractivity contribution in [2.75, 3.05) is 6.61 Å². The predicted molar refractivity (Wildman–Crippen MR) is 24.6 cm³/mol. The van der Waals surface area contributed by atoms with E-state index in [0.29, 0.717) is 0 Å². The van der Waals surface area contributed by atoms with E-state index < -0.39 is 13.3 Å². The topological polar surface area (TPSA) is 89.5 Å². The zero-order valence-electron chi connectivity index (χ0n) is 4.70. The van der Waals surface area contributed by atoms with Gasteiger partial charge in [-0.3, -0.25) is 0 Å². The van der Waals surface area contributed by atoms with Crippen LogP contribution in [0.5, 0.6) is 0 Å². The molecule has 0 N–H and O–H groups in total. The molecule has 0 spiro atoms. The van der Waals surface area contributed by atoms with E-state index in [0.717, 1.165) is 0 Å². The number of carbonyl (C=O) groups excluding carboxylic acids is 1. The summed E-state index contributed by atoms with van der Waals surface area (Å²) in [6, 6.07) is 0. The second-order valence-corrected chi connectivity index (χ2v) is 2.80. The fraction of sp³-hybridized carbons (Fsp3) is 0.667. The molecule has 1 atom stereocenters. The summed E-state index contributed by atoms with van der Waals surface area (Å²) in [5, 5.41) is 9.60. The summed E-state index contributed by atoms with van der Waals surface area (Å²) in [4.78, 5) is 19.7. The molecule has 0 aromatic carbocycles. The van der Waals surface area contributed by atoms with Gasteiger partial charge >= 0.3 is 0 Å². The van der Waals surface area contributed by atoms with Crippen LogP contribution >= 0.6 is 7.60 Å². The van der Waals surface area contributed by atoms with Crippen molar-refractivity contribution in [1.29, 1.82) is 0 Å². The smallest absolute Gasteiger partial charge is 0.180 e. The first kappa shape index (κ1) is 8.62. The van der Waals surface area contributed by atoms with Gasteiger partial charge in [0.25, 0.3) is 0 Å². The van der Waals surface area contributed by atoms with Crippen molar-refractivity contribution in [3.63, 3.8) is 0 Å². The molecular weight excluding hydrogens is 147 g/mol. The summed E-state index contributed by atoms with van der Waals surface area (Å²) in [5.74, 6) is 0. The van der Waals surface area contributed by atoms with Crippen LogP contribution in [0.15, 0.2) is 0 Å². The number of carboxylic acid groups (broad SMARTS) is 1. The Morgan fingerprint density at radius 2 is 2.22 bits per heavy atom. The number of hydrogen-bond acceptors (Lipinski definition) is 5. The minimum Gasteiger partial charge on any atom is -0.774 e. The predicted octanol–water partition coefficient (Wildman–Crippen LogP) is -1.08. The van der Waals surface area contributed by atoms with Crippen molar-refractivity contribution >= 4 is 13.3 Å². The van der Waals surface area contributed by atoms with E-state index in [1.165, 1.54) is 6.92 Å². The van der Waals surface area contributed by atoms with Gasteiger partial charge in [-0.1, -0.05) is 0 Å². The van der Waals surface area contributed by atoms with E-state index in [2.05, 4.69) is 4.52 Å². The zero-order valence-corrected chi connectivity index (χ0v) is 5.59. The molecule has 0 radical (unpaired) electrons. The molecule has 0 saturated carbocycles. The second-order valence-electron chi connectivity index (χ2n) is 1.18. The average molecular weight is 152 g/mol. The fourth-order valence-electron chi connectivity index (χ4n) is 0.223. The summed E-state index contributed by atoms with van der Waals surface area (Å²) >= 11 is 0. The molecule has 6 heteroatoms. The molecule has 1 unspecified atom stereocenters. The van der Waals surface area contributed by atoms with E-state index in [1.54, 1.807) is 0 Å². The Morgan fingerprint density at radius 3 is 2.33 bits per heavy atom. The van der Waals surface area contributed by atoms with Crippen LogP contribution in [0.1, 0.15) is 6.92 Å². The van der Waals surface area contributed by atoms with Crippen LogP contribution in [0.4, 0.5) is 4.79 Å². The average Bonchev–Trinajstić information content (AvgIpc) is 1.65. The molecule has 0 rings (SSSR count). The molecule has 0 aliphatic carbocycles. The lowest BCUT2D eigenvalue weighted by Gasteiger charge is -2.22. The SMILES string of the molecule is CCOP(=O)([O-])C(=O)[O-]. The molecule has 0 fully saturated rings. The van der Waals surface area contributed by atoms with Gasteiger partial charge in [-0.2, -0.15) is 0 Å². The van der Waals surface area contributed by atoms with Gasteiger partial charge < -0.3 is 23.9 Å². The highest BCUT2D eigenvalue weighted by Crippen LogP contribution is 2.35. The van der Waals surface area contributed by atoms with Crippen molar-refractivity contribution in [2.24, 2.45) is 0 Å². The lowest BCUT2D eigenvalue weighted by molar-refractivity contribution is -0.257. The van der Waals surface area contributed by atoms with Gasteiger partial charge in [0.15, 0.2) is 7.60 Å². The minimum atomic E-state index is -4.71. The molecule has 0 aromatic heterocycles. The van der Waals surface area contributed by atoms with Gasteiger partial charge in [-0.15, -0.1) is 0 Å². The second kappa shape index (κ2) is 2.96. The Hall–Kier alpha value is -0.380. The maximum Gasteiger partial charge on any atom is 0.180 e. The summed E-state index contributed by atoms with van der Waals surface area (Å²) in [6.07, 6.45) is 0. The van der Waals surface area contributed by atoms with Crippen LogP contribution in [0.2, 0.25) is 0 Å². The van der Waals surface area contributed by atoms with Crippen molar-refractivity contribution in [3.05, 3.63) is 0 Å². The van der Waals surface area contributed by atoms with Gasteiger partial charge in [0.05, 0.1) is 6.61 Å². The Bertz CT molecular complexity index is 152. The van der Waals surface area contributed by atoms with Crippen LogP contribution in [-0.4, -0.2) is 12.3 Å². The summed E-state index contributed by atoms with van der Waals surface area (Å²) in [7, 11) is -4.71. The van der Waals surface area contributed by atoms with Gasteiger partial charge in [0.2, 0.25) is 0 Å². The molecular formula is C3H5O5P-2. The quantitative estimate of drug-likeness (QED) is 0.479. The lowest BCUT2D eigenvalue weighted by Crippen LogP contribution is -2.27. The molecule has 0 amide bonds. The first-order chi connectivity index (χ1) is 4.00. The molecule has 0 aliphatic rings. The van der Waals surface area contributed by atoms with E-state index in [9.17, 15) is 19.4 Å². The first-order valence-electron chi connectivity index (χ1n) is 2.18. The number of hydrogen-bond donors (Lipinski definition) is 0. The first-order valence-corrected chi connectivity index (χ1v) is 3.72. The number of carbonyl (C=O) groups is 1. The van der Waals surface area contributed by atoms with Crippen molar-refractivity contribution in [3.8, 4) is 0 Å². The molecule has 0 saturated heterocycles. The van der Waals surface area contributed by atoms with Gasteiger partial charge in [-0.05, 0) is 6.92 Å². The van der Waals surface area contributed by atoms with Crippen molar-refractivity contribution in [2.45, 2.75) is 6.92 Å². The Kier molecular flexibility index (Phi) is 2.84. The van der Waals surface area contributed by atoms with Crippen molar-refractivity contribution < 1.29 is 23.9 Å². The van der Waals surface area contributed by atoms with Gasteiger partial charge in [0.1, 0.15) is 5.71 Å². The van der Waals surface area contributed by atoms with Crippen LogP contribution < -0.4 is 10.00 Å². The van der Waals surface area contributed by atoms with E-state index in [1.807, 2.05) is 0 Å². The van der Waals surface area contributed by atoms with E-state index in [-0.39, 0.29) is 6.61 Å². The summed E-state index contributed by atoms with van der Waals surface area (Å²) in [5.41, 5.74) is -2.18. The third kappa shape index (κ3) is 2.60. The van der Waals surface area contributed by atoms with E-state index >= 15 is 0 Å². The molecule has 5 nitrogen and oxygen atoms in total. The molecule has 9 heavy (non-hydrogen) atoms. The molecule has 0 bridgehead atoms. The number of rotatable bonds is 3. The standard InChI is InChI=1S/C3H7O5P/c1-2-8-9(6,7)3(4)5/h2H2,1H3,(H,4,5)(H,6,7)/p-2. The third-order valence-corrected chi connectivity index (χ3v) is 1.57. The highest BCUT2D eigenvalue weighted by Gasteiger charge is 2.06. The molecule has 54 valence electrons. The van der Waals surface area contributed by atoms with Crippen LogP contribution in [0.3, 0.4) is 0 Å². The van der Waals surface area contributed by atoms with Crippen LogP contribution in [0, 0.1) is 0 Å². The molecule has 0 aromatic rings. The summed E-state index contributed by atoms with van der Waals surface area (Å²) < 4.78 is 13.9. The monoisotopic (exact) mass is 152 g/mol. The van der Waals surface area contributed by atoms with Crippen molar-refractivity contribution in [1.82, 2.24) is 0 Å². The normalized spacial score (nSPS) is 16.7. The maximum absolute atomic E-state index is 10.1. The molecule has 0 heterocycles. The summed E-state index contributed by atoms with van der Waals surface area (Å²) in [6.45, 7) is 1.18. The lowest BCUT2D eigenvalue weighted by atomic mass is 10.9. The molecule has 0 aliphatic heterocycles. The minimum absolute atomic E-state index is 0.186. The van der Waals surface area contributed by atoms with E-state index in [4.69, 9.17) is 0 Å². The van der Waals surface area contributed by atoms with Gasteiger partial charge in [-0.25, -0.2) is 0 Å². The largest absolute Gasteiger partial charge is 0.774 e. The van der Waals surface area contributed by atoms with Gasteiger partial charge in [0, 0.05) is 0 Å². The Balaban J connectivity index is 4.04. The third-order valence-electron chi connectivity index (χ3n) is 0.523.